The van der Waals surface area contributed by atoms with Crippen molar-refractivity contribution in [2.45, 2.75) is 63.8 Å². The van der Waals surface area contributed by atoms with Gasteiger partial charge in [0, 0.05) is 25.2 Å². The maximum Gasteiger partial charge on any atom is 0.279 e. The summed E-state index contributed by atoms with van der Waals surface area (Å²) in [7, 11) is -1.18. The summed E-state index contributed by atoms with van der Waals surface area (Å²) in [4.78, 5) is 2.34. The quantitative estimate of drug-likeness (QED) is 0.815. The molecule has 1 N–H and O–H groups in total. The van der Waals surface area contributed by atoms with Crippen molar-refractivity contribution in [3.05, 3.63) is 0 Å². The fraction of sp³-hybridized carbons (Fsp3) is 1.00. The molecule has 21 heavy (non-hydrogen) atoms. The average molecular weight is 317 g/mol. The van der Waals surface area contributed by atoms with E-state index in [9.17, 15) is 8.42 Å². The maximum absolute atomic E-state index is 12.5. The van der Waals surface area contributed by atoms with Gasteiger partial charge in [-0.2, -0.15) is 12.7 Å². The van der Waals surface area contributed by atoms with Crippen LogP contribution in [0.2, 0.25) is 0 Å². The standard InChI is InChI=1S/C15H31N3O2S/c1-3-17(2)15(10-6-4-7-11-15)14-16-21(19,20)18-12-8-5-9-13-18/h16H,3-14H2,1-2H3. The van der Waals surface area contributed by atoms with E-state index in [2.05, 4.69) is 23.6 Å². The van der Waals surface area contributed by atoms with Crippen LogP contribution in [0.15, 0.2) is 0 Å². The molecule has 0 aromatic rings. The van der Waals surface area contributed by atoms with E-state index in [4.69, 9.17) is 0 Å². The highest BCUT2D eigenvalue weighted by atomic mass is 32.2. The molecule has 0 atom stereocenters. The van der Waals surface area contributed by atoms with Gasteiger partial charge in [0.2, 0.25) is 0 Å². The van der Waals surface area contributed by atoms with Crippen molar-refractivity contribution in [1.82, 2.24) is 13.9 Å². The maximum atomic E-state index is 12.5. The topological polar surface area (TPSA) is 52.7 Å². The van der Waals surface area contributed by atoms with E-state index in [1.165, 1.54) is 19.3 Å². The minimum Gasteiger partial charge on any atom is -0.300 e. The lowest BCUT2D eigenvalue weighted by Gasteiger charge is -2.45. The van der Waals surface area contributed by atoms with Gasteiger partial charge in [0.25, 0.3) is 10.2 Å². The smallest absolute Gasteiger partial charge is 0.279 e. The van der Waals surface area contributed by atoms with Crippen molar-refractivity contribution in [3.63, 3.8) is 0 Å². The van der Waals surface area contributed by atoms with Crippen LogP contribution in [-0.2, 0) is 10.2 Å². The van der Waals surface area contributed by atoms with Crippen LogP contribution in [0, 0.1) is 0 Å². The average Bonchev–Trinajstić information content (AvgIpc) is 2.54. The highest BCUT2D eigenvalue weighted by Gasteiger charge is 2.37. The Morgan fingerprint density at radius 3 is 2.19 bits per heavy atom. The van der Waals surface area contributed by atoms with Crippen molar-refractivity contribution < 1.29 is 8.42 Å². The van der Waals surface area contributed by atoms with Crippen molar-refractivity contribution in [1.29, 1.82) is 0 Å². The molecule has 0 unspecified atom stereocenters. The van der Waals surface area contributed by atoms with Gasteiger partial charge in [-0.3, -0.25) is 4.90 Å². The molecule has 124 valence electrons. The zero-order chi connectivity index (χ0) is 15.3. The van der Waals surface area contributed by atoms with Gasteiger partial charge in [-0.15, -0.1) is 0 Å². The van der Waals surface area contributed by atoms with Crippen LogP contribution in [-0.4, -0.2) is 56.4 Å². The summed E-state index contributed by atoms with van der Waals surface area (Å²) in [6, 6.07) is 0. The number of hydrogen-bond donors (Lipinski definition) is 1. The van der Waals surface area contributed by atoms with Crippen molar-refractivity contribution in [3.8, 4) is 0 Å². The van der Waals surface area contributed by atoms with Crippen LogP contribution in [0.25, 0.3) is 0 Å². The lowest BCUT2D eigenvalue weighted by molar-refractivity contribution is 0.0839. The van der Waals surface area contributed by atoms with E-state index in [0.717, 1.165) is 38.6 Å². The van der Waals surface area contributed by atoms with E-state index in [0.29, 0.717) is 19.6 Å². The van der Waals surface area contributed by atoms with Gasteiger partial charge in [0.1, 0.15) is 0 Å². The van der Waals surface area contributed by atoms with Crippen LogP contribution in [0.5, 0.6) is 0 Å². The molecule has 5 nitrogen and oxygen atoms in total. The van der Waals surface area contributed by atoms with Crippen molar-refractivity contribution in [2.75, 3.05) is 33.2 Å². The largest absolute Gasteiger partial charge is 0.300 e. The molecule has 2 fully saturated rings. The molecule has 1 saturated carbocycles. The van der Waals surface area contributed by atoms with Crippen LogP contribution in [0.3, 0.4) is 0 Å². The van der Waals surface area contributed by atoms with Gasteiger partial charge in [0.05, 0.1) is 0 Å². The molecule has 0 bridgehead atoms. The molecule has 1 saturated heterocycles. The van der Waals surface area contributed by atoms with E-state index >= 15 is 0 Å². The van der Waals surface area contributed by atoms with Gasteiger partial charge in [-0.05, 0) is 39.3 Å². The van der Waals surface area contributed by atoms with Gasteiger partial charge >= 0.3 is 0 Å². The summed E-state index contributed by atoms with van der Waals surface area (Å²) in [5.74, 6) is 0. The number of likely N-dealkylation sites (N-methyl/N-ethyl adjacent to an activating group) is 1. The molecule has 0 aromatic carbocycles. The predicted octanol–water partition coefficient (Wildman–Crippen LogP) is 1.96. The molecule has 0 radical (unpaired) electrons. The first-order valence-electron chi connectivity index (χ1n) is 8.46. The minimum atomic E-state index is -3.31. The fourth-order valence-electron chi connectivity index (χ4n) is 3.66. The number of rotatable bonds is 6. The highest BCUT2D eigenvalue weighted by Crippen LogP contribution is 2.32. The summed E-state index contributed by atoms with van der Waals surface area (Å²) in [5, 5.41) is 0. The molecule has 2 aliphatic rings. The van der Waals surface area contributed by atoms with Gasteiger partial charge in [-0.1, -0.05) is 32.6 Å². The van der Waals surface area contributed by atoms with E-state index in [1.54, 1.807) is 4.31 Å². The highest BCUT2D eigenvalue weighted by molar-refractivity contribution is 7.87. The number of piperidine rings is 1. The second kappa shape index (κ2) is 7.40. The number of nitrogens with zero attached hydrogens (tertiary/aromatic N) is 2. The van der Waals surface area contributed by atoms with Crippen LogP contribution in [0.4, 0.5) is 0 Å². The van der Waals surface area contributed by atoms with Crippen molar-refractivity contribution in [2.24, 2.45) is 0 Å². The molecule has 1 aliphatic heterocycles. The third-order valence-corrected chi connectivity index (χ3v) is 6.86. The molecule has 1 heterocycles. The van der Waals surface area contributed by atoms with Gasteiger partial charge in [0.15, 0.2) is 0 Å². The lowest BCUT2D eigenvalue weighted by Crippen LogP contribution is -2.57. The van der Waals surface area contributed by atoms with E-state index in [1.807, 2.05) is 0 Å². The van der Waals surface area contributed by atoms with Gasteiger partial charge in [-0.25, -0.2) is 4.72 Å². The summed E-state index contributed by atoms with van der Waals surface area (Å²) in [5.41, 5.74) is 0.00978. The fourth-order valence-corrected chi connectivity index (χ4v) is 5.03. The first-order chi connectivity index (χ1) is 10.0. The van der Waals surface area contributed by atoms with Gasteiger partial charge < -0.3 is 0 Å². The first-order valence-corrected chi connectivity index (χ1v) is 9.90. The van der Waals surface area contributed by atoms with Crippen molar-refractivity contribution >= 4 is 10.2 Å². The summed E-state index contributed by atoms with van der Waals surface area (Å²) >= 11 is 0. The Morgan fingerprint density at radius 1 is 1.05 bits per heavy atom. The van der Waals surface area contributed by atoms with Crippen LogP contribution in [0.1, 0.15) is 58.3 Å². The lowest BCUT2D eigenvalue weighted by atomic mass is 9.80. The normalized spacial score (nSPS) is 24.3. The predicted molar refractivity (Wildman–Crippen MR) is 86.5 cm³/mol. The molecule has 2 rings (SSSR count). The monoisotopic (exact) mass is 317 g/mol. The molecule has 1 aliphatic carbocycles. The number of nitrogens with one attached hydrogen (secondary N) is 1. The third-order valence-electron chi connectivity index (χ3n) is 5.31. The Morgan fingerprint density at radius 2 is 1.62 bits per heavy atom. The molecule has 0 amide bonds. The molecular weight excluding hydrogens is 286 g/mol. The summed E-state index contributed by atoms with van der Waals surface area (Å²) < 4.78 is 29.5. The molecule has 6 heteroatoms. The van der Waals surface area contributed by atoms with Crippen LogP contribution >= 0.6 is 0 Å². The summed E-state index contributed by atoms with van der Waals surface area (Å²) in [6.45, 7) is 5.01. The Bertz CT molecular complexity index is 413. The Labute approximate surface area is 130 Å². The first kappa shape index (κ1) is 17.2. The number of hydrogen-bond acceptors (Lipinski definition) is 3. The third kappa shape index (κ3) is 4.18. The second-order valence-corrected chi connectivity index (χ2v) is 8.34. The SMILES string of the molecule is CCN(C)C1(CNS(=O)(=O)N2CCCCC2)CCCCC1. The molecule has 0 spiro atoms. The molecule has 0 aromatic heterocycles. The zero-order valence-corrected chi connectivity index (χ0v) is 14.4. The Kier molecular flexibility index (Phi) is 6.05. The summed E-state index contributed by atoms with van der Waals surface area (Å²) in [6.07, 6.45) is 9.00. The van der Waals surface area contributed by atoms with Crippen LogP contribution < -0.4 is 4.72 Å². The zero-order valence-electron chi connectivity index (χ0n) is 13.6. The van der Waals surface area contributed by atoms with E-state index in [-0.39, 0.29) is 5.54 Å². The van der Waals surface area contributed by atoms with E-state index < -0.39 is 10.2 Å². The minimum absolute atomic E-state index is 0.00978. The second-order valence-electron chi connectivity index (χ2n) is 6.59. The Hall–Kier alpha value is -0.170. The Balaban J connectivity index is 2.00. The molecular formula is C15H31N3O2S.